The zero-order valence-electron chi connectivity index (χ0n) is 28.0. The fraction of sp³-hybridized carbons (Fsp3) is 0.0233. The number of halogens is 1. The number of nitrogens with zero attached hydrogens (tertiary/aromatic N) is 1. The van der Waals surface area contributed by atoms with Crippen LogP contribution in [0.5, 0.6) is 0 Å². The van der Waals surface area contributed by atoms with Crippen LogP contribution < -0.4 is 16.0 Å². The minimum atomic E-state index is -0.577. The first kappa shape index (κ1) is 35.4. The predicted octanol–water partition coefficient (Wildman–Crippen LogP) is 10.5. The lowest BCUT2D eigenvalue weighted by Gasteiger charge is -2.17. The van der Waals surface area contributed by atoms with Crippen molar-refractivity contribution in [3.8, 4) is 11.3 Å². The molecule has 0 saturated carbocycles. The highest BCUT2D eigenvalue weighted by Crippen LogP contribution is 2.37. The predicted molar refractivity (Wildman–Crippen MR) is 217 cm³/mol. The van der Waals surface area contributed by atoms with Crippen LogP contribution in [-0.4, -0.2) is 22.7 Å². The monoisotopic (exact) mass is 750 g/mol. The number of fused-ring (bicyclic) bond motifs is 1. The van der Waals surface area contributed by atoms with Gasteiger partial charge >= 0.3 is 0 Å². The molecule has 0 saturated heterocycles. The second-order valence-corrected chi connectivity index (χ2v) is 14.4. The molecule has 3 amide bonds. The van der Waals surface area contributed by atoms with Gasteiger partial charge in [0.2, 0.25) is 5.91 Å². The van der Waals surface area contributed by atoms with Crippen LogP contribution in [0.1, 0.15) is 26.7 Å². The van der Waals surface area contributed by atoms with Crippen molar-refractivity contribution in [3.63, 3.8) is 0 Å². The minimum Gasteiger partial charge on any atom is -0.321 e. The molecule has 10 heteroatoms. The summed E-state index contributed by atoms with van der Waals surface area (Å²) in [6.07, 6.45) is 1.59. The number of thiazole rings is 1. The molecule has 6 aromatic carbocycles. The molecular formula is C43H31ClN4O3S2. The molecule has 0 radical (unpaired) electrons. The second-order valence-electron chi connectivity index (χ2n) is 11.9. The van der Waals surface area contributed by atoms with Gasteiger partial charge in [0.1, 0.15) is 10.9 Å². The Hall–Kier alpha value is -6.00. The second kappa shape index (κ2) is 16.6. The van der Waals surface area contributed by atoms with Crippen LogP contribution in [0.25, 0.3) is 28.1 Å². The van der Waals surface area contributed by atoms with E-state index in [4.69, 9.17) is 16.6 Å². The van der Waals surface area contributed by atoms with E-state index in [1.165, 1.54) is 23.1 Å². The van der Waals surface area contributed by atoms with Crippen molar-refractivity contribution in [2.24, 2.45) is 0 Å². The highest BCUT2D eigenvalue weighted by Gasteiger charge is 2.24. The van der Waals surface area contributed by atoms with Crippen LogP contribution >= 0.6 is 34.7 Å². The summed E-state index contributed by atoms with van der Waals surface area (Å²) in [6, 6.07) is 46.8. The molecule has 0 aliphatic rings. The fourth-order valence-corrected chi connectivity index (χ4v) is 7.38. The Balaban J connectivity index is 1.06. The van der Waals surface area contributed by atoms with Crippen LogP contribution in [0.2, 0.25) is 5.02 Å². The lowest BCUT2D eigenvalue weighted by Crippen LogP contribution is -2.30. The van der Waals surface area contributed by atoms with Crippen molar-refractivity contribution in [2.75, 3.05) is 10.6 Å². The van der Waals surface area contributed by atoms with Crippen molar-refractivity contribution < 1.29 is 14.4 Å². The van der Waals surface area contributed by atoms with E-state index < -0.39 is 17.1 Å². The molecule has 1 aromatic heterocycles. The van der Waals surface area contributed by atoms with Gasteiger partial charge in [-0.1, -0.05) is 109 Å². The van der Waals surface area contributed by atoms with Crippen molar-refractivity contribution in [1.29, 1.82) is 0 Å². The molecule has 1 atom stereocenters. The number of rotatable bonds is 11. The Morgan fingerprint density at radius 1 is 0.717 bits per heavy atom. The number of aromatic nitrogens is 1. The van der Waals surface area contributed by atoms with Crippen LogP contribution in [0.4, 0.5) is 10.8 Å². The van der Waals surface area contributed by atoms with Gasteiger partial charge in [-0.15, -0.1) is 23.1 Å². The van der Waals surface area contributed by atoms with Crippen molar-refractivity contribution >= 4 is 80.1 Å². The van der Waals surface area contributed by atoms with Gasteiger partial charge in [0.05, 0.1) is 5.69 Å². The van der Waals surface area contributed by atoms with Gasteiger partial charge in [-0.25, -0.2) is 4.98 Å². The molecule has 260 valence electrons. The lowest BCUT2D eigenvalue weighted by atomic mass is 10.1. The van der Waals surface area contributed by atoms with E-state index in [0.29, 0.717) is 27.0 Å². The SMILES string of the molecule is O=C(Nc1ccc(SC(C(=O)Nc2nc(-c3ccc4ccccc4c3)cs2)c2ccccc2)cc1)/C(=C/c1ccc(Cl)cc1)NC(=O)c1ccccc1. The summed E-state index contributed by atoms with van der Waals surface area (Å²) in [7, 11) is 0. The maximum absolute atomic E-state index is 13.8. The zero-order valence-corrected chi connectivity index (χ0v) is 30.4. The number of carbonyl (C=O) groups is 3. The Bertz CT molecular complexity index is 2420. The summed E-state index contributed by atoms with van der Waals surface area (Å²) >= 11 is 8.83. The first-order chi connectivity index (χ1) is 25.9. The third kappa shape index (κ3) is 9.09. The molecule has 7 nitrogen and oxygen atoms in total. The molecule has 1 unspecified atom stereocenters. The number of hydrogen-bond acceptors (Lipinski definition) is 6. The average molecular weight is 751 g/mol. The molecule has 1 heterocycles. The lowest BCUT2D eigenvalue weighted by molar-refractivity contribution is -0.116. The van der Waals surface area contributed by atoms with Gasteiger partial charge in [0, 0.05) is 32.1 Å². The first-order valence-electron chi connectivity index (χ1n) is 16.6. The zero-order chi connectivity index (χ0) is 36.6. The fourth-order valence-electron chi connectivity index (χ4n) is 5.50. The van der Waals surface area contributed by atoms with E-state index in [9.17, 15) is 14.4 Å². The number of benzene rings is 6. The first-order valence-corrected chi connectivity index (χ1v) is 18.7. The average Bonchev–Trinajstić information content (AvgIpc) is 3.67. The molecule has 7 aromatic rings. The van der Waals surface area contributed by atoms with Gasteiger partial charge in [0.15, 0.2) is 5.13 Å². The van der Waals surface area contributed by atoms with E-state index in [1.54, 1.807) is 66.7 Å². The number of amides is 3. The van der Waals surface area contributed by atoms with Crippen LogP contribution in [0, 0.1) is 0 Å². The smallest absolute Gasteiger partial charge is 0.272 e. The van der Waals surface area contributed by atoms with Crippen molar-refractivity contribution in [2.45, 2.75) is 10.1 Å². The number of carbonyl (C=O) groups excluding carboxylic acids is 3. The molecule has 53 heavy (non-hydrogen) atoms. The summed E-state index contributed by atoms with van der Waals surface area (Å²) in [5.41, 5.74) is 4.29. The van der Waals surface area contributed by atoms with Crippen molar-refractivity contribution in [1.82, 2.24) is 10.3 Å². The van der Waals surface area contributed by atoms with Gasteiger partial charge < -0.3 is 16.0 Å². The highest BCUT2D eigenvalue weighted by atomic mass is 35.5. The van der Waals surface area contributed by atoms with Crippen LogP contribution in [-0.2, 0) is 9.59 Å². The topological polar surface area (TPSA) is 100 Å². The molecular weight excluding hydrogens is 720 g/mol. The standard InChI is InChI=1S/C43H31ClN4O3S2/c44-34-19-15-28(16-20-34)25-37(46-40(49)31-12-5-2-6-13-31)41(50)45-35-21-23-36(24-22-35)53-39(30-10-3-1-4-11-30)42(51)48-43-47-38(27-52-43)33-18-17-29-9-7-8-14-32(29)26-33/h1-27,39H,(H,45,50)(H,46,49)(H,47,48,51)/b37-25-. The maximum Gasteiger partial charge on any atom is 0.272 e. The Labute approximate surface area is 319 Å². The Morgan fingerprint density at radius 3 is 2.13 bits per heavy atom. The Kier molecular flexibility index (Phi) is 11.1. The number of hydrogen-bond donors (Lipinski definition) is 3. The van der Waals surface area contributed by atoms with Gasteiger partial charge in [0.25, 0.3) is 11.8 Å². The largest absolute Gasteiger partial charge is 0.321 e. The molecule has 3 N–H and O–H groups in total. The molecule has 0 bridgehead atoms. The third-order valence-electron chi connectivity index (χ3n) is 8.20. The summed E-state index contributed by atoms with van der Waals surface area (Å²) in [6.45, 7) is 0. The molecule has 7 rings (SSSR count). The van der Waals surface area contributed by atoms with Crippen molar-refractivity contribution in [3.05, 3.63) is 184 Å². The van der Waals surface area contributed by atoms with E-state index in [-0.39, 0.29) is 11.6 Å². The van der Waals surface area contributed by atoms with E-state index in [2.05, 4.69) is 40.2 Å². The number of thioether (sulfide) groups is 1. The molecule has 0 fully saturated rings. The third-order valence-corrected chi connectivity index (χ3v) is 10.5. The normalized spacial score (nSPS) is 11.8. The molecule has 0 aliphatic carbocycles. The van der Waals surface area contributed by atoms with Crippen LogP contribution in [0.3, 0.4) is 0 Å². The quantitative estimate of drug-likeness (QED) is 0.0903. The van der Waals surface area contributed by atoms with E-state index in [0.717, 1.165) is 32.5 Å². The van der Waals surface area contributed by atoms with Gasteiger partial charge in [-0.2, -0.15) is 0 Å². The summed E-state index contributed by atoms with van der Waals surface area (Å²) < 4.78 is 0. The summed E-state index contributed by atoms with van der Waals surface area (Å²) in [5.74, 6) is -1.12. The highest BCUT2D eigenvalue weighted by molar-refractivity contribution is 8.00. The van der Waals surface area contributed by atoms with E-state index in [1.807, 2.05) is 72.1 Å². The summed E-state index contributed by atoms with van der Waals surface area (Å²) in [5, 5.41) is 13.4. The van der Waals surface area contributed by atoms with Gasteiger partial charge in [-0.05, 0) is 82.6 Å². The number of anilines is 2. The van der Waals surface area contributed by atoms with Gasteiger partial charge in [-0.3, -0.25) is 14.4 Å². The van der Waals surface area contributed by atoms with E-state index >= 15 is 0 Å². The number of nitrogens with one attached hydrogen (secondary N) is 3. The summed E-state index contributed by atoms with van der Waals surface area (Å²) in [4.78, 5) is 45.9. The van der Waals surface area contributed by atoms with Crippen LogP contribution in [0.15, 0.2) is 168 Å². The minimum absolute atomic E-state index is 0.0615. The Morgan fingerprint density at radius 2 is 1.40 bits per heavy atom. The maximum atomic E-state index is 13.8. The molecule has 0 aliphatic heterocycles. The molecule has 0 spiro atoms.